The molecule has 7 nitrogen and oxygen atoms in total. The van der Waals surface area contributed by atoms with Crippen LogP contribution in [0.5, 0.6) is 0 Å². The summed E-state index contributed by atoms with van der Waals surface area (Å²) in [4.78, 5) is 29.2. The van der Waals surface area contributed by atoms with E-state index < -0.39 is 5.60 Å². The molecule has 1 aliphatic rings. The zero-order chi connectivity index (χ0) is 16.3. The van der Waals surface area contributed by atoms with E-state index in [0.717, 1.165) is 12.8 Å². The smallest absolute Gasteiger partial charge is 0.410 e. The number of carbonyl (C=O) groups is 1. The number of nitrogens with two attached hydrogens (primary N) is 1. The summed E-state index contributed by atoms with van der Waals surface area (Å²) in [5, 5.41) is 0. The predicted octanol–water partition coefficient (Wildman–Crippen LogP) is 1.47. The number of likely N-dealkylation sites (tertiary alicyclic amines) is 1. The number of anilines is 1. The molecule has 1 aliphatic heterocycles. The van der Waals surface area contributed by atoms with Crippen LogP contribution < -0.4 is 11.4 Å². The van der Waals surface area contributed by atoms with E-state index in [1.54, 1.807) is 21.7 Å². The lowest BCUT2D eigenvalue weighted by atomic mass is 9.97. The SMILES string of the molecule is CC(C)(C)OC(=O)N1CCC(Cn2ccc(N)nc2=O)CC1. The Balaban J connectivity index is 1.87. The van der Waals surface area contributed by atoms with Crippen LogP contribution in [0.2, 0.25) is 0 Å². The minimum atomic E-state index is -0.475. The van der Waals surface area contributed by atoms with Gasteiger partial charge < -0.3 is 15.4 Å². The summed E-state index contributed by atoms with van der Waals surface area (Å²) in [7, 11) is 0. The topological polar surface area (TPSA) is 90.4 Å². The first kappa shape index (κ1) is 16.3. The molecule has 1 fully saturated rings. The van der Waals surface area contributed by atoms with Gasteiger partial charge in [0, 0.05) is 25.8 Å². The van der Waals surface area contributed by atoms with Crippen molar-refractivity contribution in [3.63, 3.8) is 0 Å². The number of aromatic nitrogens is 2. The van der Waals surface area contributed by atoms with Crippen LogP contribution >= 0.6 is 0 Å². The summed E-state index contributed by atoms with van der Waals surface area (Å²) >= 11 is 0. The lowest BCUT2D eigenvalue weighted by Gasteiger charge is -2.33. The molecule has 122 valence electrons. The van der Waals surface area contributed by atoms with Crippen molar-refractivity contribution in [3.05, 3.63) is 22.7 Å². The Labute approximate surface area is 130 Å². The van der Waals surface area contributed by atoms with E-state index in [-0.39, 0.29) is 17.6 Å². The number of amides is 1. The Hall–Kier alpha value is -2.05. The lowest BCUT2D eigenvalue weighted by molar-refractivity contribution is 0.0178. The van der Waals surface area contributed by atoms with Gasteiger partial charge in [-0.3, -0.25) is 4.57 Å². The standard InChI is InChI=1S/C15H24N4O3/c1-15(2,3)22-14(21)18-7-4-11(5-8-18)10-19-9-6-12(16)17-13(19)20/h6,9,11H,4-5,7-8,10H2,1-3H3,(H2,16,17,20). The van der Waals surface area contributed by atoms with E-state index >= 15 is 0 Å². The molecule has 0 bridgehead atoms. The average Bonchev–Trinajstić information content (AvgIpc) is 2.41. The predicted molar refractivity (Wildman–Crippen MR) is 83.4 cm³/mol. The molecule has 0 aromatic carbocycles. The molecule has 2 rings (SSSR count). The quantitative estimate of drug-likeness (QED) is 0.893. The molecule has 22 heavy (non-hydrogen) atoms. The molecule has 2 heterocycles. The number of hydrogen-bond donors (Lipinski definition) is 1. The molecule has 0 aliphatic carbocycles. The third-order valence-corrected chi connectivity index (χ3v) is 3.62. The van der Waals surface area contributed by atoms with Crippen LogP contribution in [0.1, 0.15) is 33.6 Å². The molecule has 2 N–H and O–H groups in total. The van der Waals surface area contributed by atoms with Crippen LogP contribution in [0.3, 0.4) is 0 Å². The first-order chi connectivity index (χ1) is 10.2. The van der Waals surface area contributed by atoms with Crippen LogP contribution in [0.4, 0.5) is 10.6 Å². The largest absolute Gasteiger partial charge is 0.444 e. The number of nitrogen functional groups attached to an aromatic ring is 1. The Bertz CT molecular complexity index is 583. The van der Waals surface area contributed by atoms with Gasteiger partial charge in [-0.2, -0.15) is 4.98 Å². The van der Waals surface area contributed by atoms with Gasteiger partial charge in [-0.05, 0) is 45.6 Å². The minimum Gasteiger partial charge on any atom is -0.444 e. The maximum Gasteiger partial charge on any atom is 0.410 e. The lowest BCUT2D eigenvalue weighted by Crippen LogP contribution is -2.42. The Morgan fingerprint density at radius 3 is 2.59 bits per heavy atom. The third kappa shape index (κ3) is 4.47. The molecular weight excluding hydrogens is 284 g/mol. The van der Waals surface area contributed by atoms with Crippen molar-refractivity contribution in [2.75, 3.05) is 18.8 Å². The van der Waals surface area contributed by atoms with Crippen molar-refractivity contribution in [2.45, 2.75) is 45.8 Å². The molecule has 1 aromatic rings. The molecular formula is C15H24N4O3. The third-order valence-electron chi connectivity index (χ3n) is 3.62. The summed E-state index contributed by atoms with van der Waals surface area (Å²) in [5.74, 6) is 0.586. The Morgan fingerprint density at radius 2 is 2.05 bits per heavy atom. The van der Waals surface area contributed by atoms with E-state index in [9.17, 15) is 9.59 Å². The van der Waals surface area contributed by atoms with E-state index in [2.05, 4.69) is 4.98 Å². The van der Waals surface area contributed by atoms with E-state index in [4.69, 9.17) is 10.5 Å². The molecule has 0 atom stereocenters. The van der Waals surface area contributed by atoms with Crippen molar-refractivity contribution >= 4 is 11.9 Å². The number of rotatable bonds is 2. The number of piperidine rings is 1. The van der Waals surface area contributed by atoms with Crippen molar-refractivity contribution in [1.29, 1.82) is 0 Å². The van der Waals surface area contributed by atoms with Crippen LogP contribution in [0.15, 0.2) is 17.1 Å². The summed E-state index contributed by atoms with van der Waals surface area (Å²) in [6.07, 6.45) is 3.09. The summed E-state index contributed by atoms with van der Waals surface area (Å²) in [6, 6.07) is 1.62. The maximum absolute atomic E-state index is 12.0. The van der Waals surface area contributed by atoms with Crippen molar-refractivity contribution < 1.29 is 9.53 Å². The molecule has 1 amide bonds. The molecule has 0 radical (unpaired) electrons. The highest BCUT2D eigenvalue weighted by atomic mass is 16.6. The fraction of sp³-hybridized carbons (Fsp3) is 0.667. The highest BCUT2D eigenvalue weighted by Gasteiger charge is 2.27. The van der Waals surface area contributed by atoms with Gasteiger partial charge >= 0.3 is 11.8 Å². The zero-order valence-electron chi connectivity index (χ0n) is 13.4. The highest BCUT2D eigenvalue weighted by molar-refractivity contribution is 5.68. The Kier molecular flexibility index (Phi) is 4.73. The monoisotopic (exact) mass is 308 g/mol. The van der Waals surface area contributed by atoms with Gasteiger partial charge in [-0.1, -0.05) is 0 Å². The van der Waals surface area contributed by atoms with Crippen LogP contribution in [0.25, 0.3) is 0 Å². The average molecular weight is 308 g/mol. The molecule has 0 spiro atoms. The number of nitrogens with zero attached hydrogens (tertiary/aromatic N) is 3. The number of hydrogen-bond acceptors (Lipinski definition) is 5. The molecule has 0 unspecified atom stereocenters. The number of carbonyl (C=O) groups excluding carboxylic acids is 1. The van der Waals surface area contributed by atoms with Gasteiger partial charge in [0.2, 0.25) is 0 Å². The van der Waals surface area contributed by atoms with Gasteiger partial charge in [-0.15, -0.1) is 0 Å². The van der Waals surface area contributed by atoms with Gasteiger partial charge in [0.05, 0.1) is 0 Å². The van der Waals surface area contributed by atoms with E-state index in [1.807, 2.05) is 20.8 Å². The maximum atomic E-state index is 12.0. The normalized spacial score (nSPS) is 16.6. The zero-order valence-corrected chi connectivity index (χ0v) is 13.4. The fourth-order valence-corrected chi connectivity index (χ4v) is 2.48. The van der Waals surface area contributed by atoms with Gasteiger partial charge in [0.25, 0.3) is 0 Å². The van der Waals surface area contributed by atoms with Crippen molar-refractivity contribution in [3.8, 4) is 0 Å². The summed E-state index contributed by atoms with van der Waals surface area (Å²) in [5.41, 5.74) is 4.68. The van der Waals surface area contributed by atoms with Crippen LogP contribution in [-0.2, 0) is 11.3 Å². The minimum absolute atomic E-state index is 0.237. The number of ether oxygens (including phenoxy) is 1. The van der Waals surface area contributed by atoms with Gasteiger partial charge in [-0.25, -0.2) is 9.59 Å². The van der Waals surface area contributed by atoms with E-state index in [0.29, 0.717) is 25.6 Å². The van der Waals surface area contributed by atoms with E-state index in [1.165, 1.54) is 0 Å². The second kappa shape index (κ2) is 6.37. The Morgan fingerprint density at radius 1 is 1.41 bits per heavy atom. The molecule has 0 saturated carbocycles. The second-order valence-electron chi connectivity index (χ2n) is 6.70. The van der Waals surface area contributed by atoms with Gasteiger partial charge in [0.1, 0.15) is 11.4 Å². The summed E-state index contributed by atoms with van der Waals surface area (Å²) in [6.45, 7) is 7.48. The van der Waals surface area contributed by atoms with Crippen LogP contribution in [0, 0.1) is 5.92 Å². The molecule has 1 saturated heterocycles. The van der Waals surface area contributed by atoms with Crippen molar-refractivity contribution in [1.82, 2.24) is 14.5 Å². The van der Waals surface area contributed by atoms with Crippen LogP contribution in [-0.4, -0.2) is 39.2 Å². The first-order valence-corrected chi connectivity index (χ1v) is 7.55. The van der Waals surface area contributed by atoms with Crippen molar-refractivity contribution in [2.24, 2.45) is 5.92 Å². The fourth-order valence-electron chi connectivity index (χ4n) is 2.48. The second-order valence-corrected chi connectivity index (χ2v) is 6.70. The molecule has 1 aromatic heterocycles. The highest BCUT2D eigenvalue weighted by Crippen LogP contribution is 2.20. The van der Waals surface area contributed by atoms with Gasteiger partial charge in [0.15, 0.2) is 0 Å². The molecule has 7 heteroatoms. The first-order valence-electron chi connectivity index (χ1n) is 7.55. The summed E-state index contributed by atoms with van der Waals surface area (Å²) < 4.78 is 6.94.